The second-order valence-corrected chi connectivity index (χ2v) is 11.8. The summed E-state index contributed by atoms with van der Waals surface area (Å²) in [6.07, 6.45) is -6.82. The molecule has 0 spiro atoms. The summed E-state index contributed by atoms with van der Waals surface area (Å²) in [5.74, 6) is -3.63. The van der Waals surface area contributed by atoms with Crippen molar-refractivity contribution in [1.29, 1.82) is 0 Å². The number of halogens is 2. The summed E-state index contributed by atoms with van der Waals surface area (Å²) in [7, 11) is -5.11. The normalized spacial score (nSPS) is 27.8. The van der Waals surface area contributed by atoms with Crippen LogP contribution in [0.2, 0.25) is 0 Å². The standard InChI is InChI=1S/C23H32F2N5O13P/c1-7-35-15-13-14(28-18(26)29-15)30(8-27-13)17-21(6,24)22(33)16(23(22,25)42-17)43-44(34,38-9-36-19(31)40-11(2)3)39-10-37-20(32)41-12(4)5/h8,11-12,16-17,33H,7,9-10H2,1-6H3,(H2,26,28,29)/t16?,17?,21-,22-,23+/m0/s1. The Labute approximate surface area is 248 Å². The molecule has 4 rings (SSSR count). The van der Waals surface area contributed by atoms with Gasteiger partial charge in [0.25, 0.3) is 5.85 Å². The van der Waals surface area contributed by atoms with Crippen molar-refractivity contribution in [2.45, 2.75) is 83.2 Å². The van der Waals surface area contributed by atoms with Crippen LogP contribution in [0.25, 0.3) is 11.2 Å². The van der Waals surface area contributed by atoms with E-state index in [-0.39, 0.29) is 29.6 Å². The topological polar surface area (TPSA) is 224 Å². The minimum atomic E-state index is -5.11. The molecule has 21 heteroatoms. The van der Waals surface area contributed by atoms with Gasteiger partial charge in [0.2, 0.25) is 25.4 Å². The average molecular weight is 656 g/mol. The van der Waals surface area contributed by atoms with Gasteiger partial charge >= 0.3 is 20.1 Å². The molecule has 18 nitrogen and oxygen atoms in total. The van der Waals surface area contributed by atoms with E-state index in [1.807, 2.05) is 0 Å². The number of phosphoric acid groups is 1. The van der Waals surface area contributed by atoms with Crippen LogP contribution in [0.1, 0.15) is 47.8 Å². The lowest BCUT2D eigenvalue weighted by Crippen LogP contribution is -2.45. The number of fused-ring (bicyclic) bond motifs is 2. The third kappa shape index (κ3) is 6.09. The van der Waals surface area contributed by atoms with Crippen LogP contribution in [0.5, 0.6) is 5.88 Å². The average Bonchev–Trinajstić information content (AvgIpc) is 3.14. The van der Waals surface area contributed by atoms with E-state index in [0.717, 1.165) is 17.8 Å². The van der Waals surface area contributed by atoms with Crippen LogP contribution in [0.4, 0.5) is 24.3 Å². The number of aromatic nitrogens is 4. The van der Waals surface area contributed by atoms with Gasteiger partial charge in [-0.1, -0.05) is 0 Å². The highest BCUT2D eigenvalue weighted by molar-refractivity contribution is 7.48. The lowest BCUT2D eigenvalue weighted by Gasteiger charge is -2.30. The second kappa shape index (κ2) is 12.2. The predicted octanol–water partition coefficient (Wildman–Crippen LogP) is 3.04. The van der Waals surface area contributed by atoms with E-state index in [1.54, 1.807) is 6.92 Å². The minimum Gasteiger partial charge on any atom is -0.476 e. The summed E-state index contributed by atoms with van der Waals surface area (Å²) in [4.78, 5) is 35.3. The lowest BCUT2D eigenvalue weighted by atomic mass is 9.97. The van der Waals surface area contributed by atoms with Crippen molar-refractivity contribution in [3.63, 3.8) is 0 Å². The van der Waals surface area contributed by atoms with E-state index in [9.17, 15) is 19.3 Å². The van der Waals surface area contributed by atoms with E-state index in [2.05, 4.69) is 24.4 Å². The fourth-order valence-electron chi connectivity index (χ4n) is 4.31. The number of carbonyl (C=O) groups excluding carboxylic acids is 2. The van der Waals surface area contributed by atoms with Gasteiger partial charge in [0.05, 0.1) is 25.1 Å². The molecule has 3 N–H and O–H groups in total. The molecule has 0 bridgehead atoms. The van der Waals surface area contributed by atoms with Crippen LogP contribution >= 0.6 is 7.82 Å². The lowest BCUT2D eigenvalue weighted by molar-refractivity contribution is -0.160. The Balaban J connectivity index is 1.54. The number of alkyl halides is 2. The molecule has 246 valence electrons. The van der Waals surface area contributed by atoms with Crippen molar-refractivity contribution in [1.82, 2.24) is 19.5 Å². The number of rotatable bonds is 13. The Hall–Kier alpha value is -3.42. The number of nitrogen functional groups attached to an aromatic ring is 1. The Bertz CT molecular complexity index is 1410. The van der Waals surface area contributed by atoms with E-state index in [1.165, 1.54) is 27.7 Å². The maximum atomic E-state index is 16.4. The molecule has 5 atom stereocenters. The zero-order chi connectivity index (χ0) is 32.7. The van der Waals surface area contributed by atoms with Crippen LogP contribution < -0.4 is 10.5 Å². The number of anilines is 1. The second-order valence-electron chi connectivity index (χ2n) is 10.1. The summed E-state index contributed by atoms with van der Waals surface area (Å²) in [5.41, 5.74) is -0.454. The van der Waals surface area contributed by atoms with E-state index >= 15 is 8.78 Å². The number of phosphoric ester groups is 1. The summed E-state index contributed by atoms with van der Waals surface area (Å²) in [5, 5.41) is 11.2. The SMILES string of the molecule is CCOc1nc(N)nc2c1ncn2C1O[C@]2(F)C(OP(=O)(OCOC(=O)OC(C)C)OCOC(=O)OC(C)C)[C@]2(O)[C@@]1(C)F. The van der Waals surface area contributed by atoms with Crippen molar-refractivity contribution in [2.75, 3.05) is 25.9 Å². The first-order chi connectivity index (χ1) is 20.5. The van der Waals surface area contributed by atoms with Crippen LogP contribution in [-0.2, 0) is 41.8 Å². The molecule has 2 aliphatic rings. The largest absolute Gasteiger partial charge is 0.510 e. The first-order valence-electron chi connectivity index (χ1n) is 13.1. The number of imidazole rings is 1. The number of aliphatic hydroxyl groups is 1. The van der Waals surface area contributed by atoms with Crippen LogP contribution in [0.3, 0.4) is 0 Å². The first-order valence-corrected chi connectivity index (χ1v) is 14.6. The molecule has 2 aromatic rings. The van der Waals surface area contributed by atoms with Crippen LogP contribution in [0, 0.1) is 0 Å². The van der Waals surface area contributed by atoms with Gasteiger partial charge in [-0.15, -0.1) is 0 Å². The molecule has 2 unspecified atom stereocenters. The smallest absolute Gasteiger partial charge is 0.476 e. The molecule has 2 fully saturated rings. The quantitative estimate of drug-likeness (QED) is 0.180. The van der Waals surface area contributed by atoms with E-state index < -0.39 is 75.4 Å². The number of hydrogen-bond donors (Lipinski definition) is 2. The number of nitrogens with two attached hydrogens (primary N) is 1. The van der Waals surface area contributed by atoms with E-state index in [4.69, 9.17) is 38.3 Å². The van der Waals surface area contributed by atoms with Gasteiger partial charge in [0.1, 0.15) is 0 Å². The number of carbonyl (C=O) groups is 2. The molecule has 3 heterocycles. The van der Waals surface area contributed by atoms with Gasteiger partial charge in [-0.25, -0.2) is 37.0 Å². The van der Waals surface area contributed by atoms with Crippen molar-refractivity contribution in [3.05, 3.63) is 6.33 Å². The summed E-state index contributed by atoms with van der Waals surface area (Å²) in [6.45, 7) is 6.47. The van der Waals surface area contributed by atoms with Crippen molar-refractivity contribution >= 4 is 37.2 Å². The summed E-state index contributed by atoms with van der Waals surface area (Å²) >= 11 is 0. The highest BCUT2D eigenvalue weighted by Gasteiger charge is 2.96. The number of hydrogen-bond acceptors (Lipinski definition) is 17. The number of ether oxygens (including phenoxy) is 6. The Morgan fingerprint density at radius 3 is 2.16 bits per heavy atom. The Morgan fingerprint density at radius 2 is 1.68 bits per heavy atom. The van der Waals surface area contributed by atoms with E-state index in [0.29, 0.717) is 0 Å². The third-order valence-electron chi connectivity index (χ3n) is 6.26. The van der Waals surface area contributed by atoms with Gasteiger partial charge in [-0.05, 0) is 41.5 Å². The third-order valence-corrected chi connectivity index (χ3v) is 7.57. The van der Waals surface area contributed by atoms with Crippen molar-refractivity contribution in [2.24, 2.45) is 0 Å². The maximum Gasteiger partial charge on any atom is 0.510 e. The molecule has 1 aliphatic heterocycles. The molecule has 0 aromatic carbocycles. The van der Waals surface area contributed by atoms with Gasteiger partial charge in [-0.3, -0.25) is 9.09 Å². The van der Waals surface area contributed by atoms with Crippen LogP contribution in [-0.4, -0.2) is 92.6 Å². The van der Waals surface area contributed by atoms with Gasteiger partial charge in [0.15, 0.2) is 34.8 Å². The van der Waals surface area contributed by atoms with Crippen molar-refractivity contribution in [3.8, 4) is 5.88 Å². The molecule has 0 amide bonds. The number of nitrogens with zero attached hydrogens (tertiary/aromatic N) is 4. The maximum absolute atomic E-state index is 16.4. The minimum absolute atomic E-state index is 0.0263. The molecule has 2 aromatic heterocycles. The molecule has 1 saturated carbocycles. The van der Waals surface area contributed by atoms with Gasteiger partial charge in [0, 0.05) is 0 Å². The van der Waals surface area contributed by atoms with Crippen LogP contribution in [0.15, 0.2) is 6.33 Å². The van der Waals surface area contributed by atoms with Gasteiger partial charge in [-0.2, -0.15) is 9.97 Å². The summed E-state index contributed by atoms with van der Waals surface area (Å²) < 4.78 is 90.9. The molecule has 0 radical (unpaired) electrons. The van der Waals surface area contributed by atoms with Gasteiger partial charge < -0.3 is 39.3 Å². The Morgan fingerprint density at radius 1 is 1.11 bits per heavy atom. The highest BCUT2D eigenvalue weighted by atomic mass is 31.2. The summed E-state index contributed by atoms with van der Waals surface area (Å²) in [6, 6.07) is 0. The molecule has 1 aliphatic carbocycles. The zero-order valence-electron chi connectivity index (χ0n) is 24.4. The molecular formula is C23H32F2N5O13P. The first kappa shape index (κ1) is 33.5. The molecular weight excluding hydrogens is 623 g/mol. The predicted molar refractivity (Wildman–Crippen MR) is 139 cm³/mol. The fourth-order valence-corrected chi connectivity index (χ4v) is 5.41. The molecule has 1 saturated heterocycles. The van der Waals surface area contributed by atoms with Crippen molar-refractivity contribution < 1.29 is 70.0 Å². The fraction of sp³-hybridized carbons (Fsp3) is 0.696. The Kier molecular flexibility index (Phi) is 9.26. The molecule has 44 heavy (non-hydrogen) atoms. The highest BCUT2D eigenvalue weighted by Crippen LogP contribution is 2.73. The zero-order valence-corrected chi connectivity index (χ0v) is 25.3. The monoisotopic (exact) mass is 655 g/mol.